The summed E-state index contributed by atoms with van der Waals surface area (Å²) < 4.78 is 16.5. The van der Waals surface area contributed by atoms with E-state index >= 15 is 0 Å². The van der Waals surface area contributed by atoms with Crippen LogP contribution in [0.1, 0.15) is 25.7 Å². The summed E-state index contributed by atoms with van der Waals surface area (Å²) in [4.78, 5) is 4.58. The summed E-state index contributed by atoms with van der Waals surface area (Å²) in [5.41, 5.74) is 0. The lowest BCUT2D eigenvalue weighted by atomic mass is 9.72. The number of nitrogens with zero attached hydrogens (tertiary/aromatic N) is 1. The number of benzene rings is 1. The minimum atomic E-state index is 0.714. The van der Waals surface area contributed by atoms with Crippen molar-refractivity contribution < 1.29 is 14.2 Å². The molecule has 3 unspecified atom stereocenters. The van der Waals surface area contributed by atoms with Crippen LogP contribution in [0.5, 0.6) is 11.5 Å². The van der Waals surface area contributed by atoms with Crippen molar-refractivity contribution in [2.24, 2.45) is 17.8 Å². The summed E-state index contributed by atoms with van der Waals surface area (Å²) in [7, 11) is 3.33. The Morgan fingerprint density at radius 2 is 1.96 bits per heavy atom. The highest BCUT2D eigenvalue weighted by Gasteiger charge is 2.32. The fourth-order valence-corrected chi connectivity index (χ4v) is 4.53. The molecule has 4 rings (SSSR count). The van der Waals surface area contributed by atoms with Crippen molar-refractivity contribution in [3.63, 3.8) is 0 Å². The molecule has 0 bridgehead atoms. The van der Waals surface area contributed by atoms with Crippen LogP contribution in [0.25, 0.3) is 10.8 Å². The molecule has 2 aliphatic rings. The van der Waals surface area contributed by atoms with E-state index in [1.54, 1.807) is 14.2 Å². The highest BCUT2D eigenvalue weighted by molar-refractivity contribution is 5.94. The van der Waals surface area contributed by atoms with Gasteiger partial charge in [0.25, 0.3) is 0 Å². The zero-order chi connectivity index (χ0) is 17.9. The van der Waals surface area contributed by atoms with Gasteiger partial charge in [-0.3, -0.25) is 0 Å². The van der Waals surface area contributed by atoms with Crippen LogP contribution in [-0.4, -0.2) is 39.0 Å². The van der Waals surface area contributed by atoms with Crippen molar-refractivity contribution in [1.82, 2.24) is 4.98 Å². The third-order valence-corrected chi connectivity index (χ3v) is 6.04. The number of ether oxygens (including phenoxy) is 3. The molecule has 5 nitrogen and oxygen atoms in total. The second kappa shape index (κ2) is 7.70. The molecule has 1 aliphatic heterocycles. The number of hydrogen-bond acceptors (Lipinski definition) is 5. The molecule has 1 saturated heterocycles. The summed E-state index contributed by atoms with van der Waals surface area (Å²) in [6.45, 7) is 2.88. The predicted octanol–water partition coefficient (Wildman–Crippen LogP) is 4.12. The number of aromatic nitrogens is 1. The first-order valence-corrected chi connectivity index (χ1v) is 9.61. The quantitative estimate of drug-likeness (QED) is 0.873. The van der Waals surface area contributed by atoms with E-state index in [2.05, 4.69) is 10.3 Å². The Balaban J connectivity index is 1.48. The molecule has 1 N–H and O–H groups in total. The molecule has 1 aliphatic carbocycles. The second-order valence-corrected chi connectivity index (χ2v) is 7.53. The lowest BCUT2D eigenvalue weighted by Gasteiger charge is -2.39. The molecule has 3 atom stereocenters. The van der Waals surface area contributed by atoms with E-state index in [1.165, 1.54) is 25.7 Å². The first kappa shape index (κ1) is 17.4. The van der Waals surface area contributed by atoms with Crippen molar-refractivity contribution in [3.05, 3.63) is 24.4 Å². The number of anilines is 1. The molecular weight excluding hydrogens is 328 g/mol. The smallest absolute Gasteiger partial charge is 0.161 e. The molecule has 5 heteroatoms. The van der Waals surface area contributed by atoms with Crippen molar-refractivity contribution in [3.8, 4) is 11.5 Å². The average molecular weight is 356 g/mol. The number of rotatable bonds is 5. The van der Waals surface area contributed by atoms with Gasteiger partial charge in [0.1, 0.15) is 5.82 Å². The van der Waals surface area contributed by atoms with E-state index in [0.717, 1.165) is 59.7 Å². The molecule has 2 heterocycles. The van der Waals surface area contributed by atoms with Gasteiger partial charge in [-0.15, -0.1) is 0 Å². The van der Waals surface area contributed by atoms with Gasteiger partial charge in [-0.05, 0) is 67.0 Å². The highest BCUT2D eigenvalue weighted by Crippen LogP contribution is 2.39. The zero-order valence-electron chi connectivity index (χ0n) is 15.7. The Hall–Kier alpha value is -2.01. The van der Waals surface area contributed by atoms with E-state index in [0.29, 0.717) is 5.92 Å². The zero-order valence-corrected chi connectivity index (χ0v) is 15.7. The van der Waals surface area contributed by atoms with E-state index in [4.69, 9.17) is 14.2 Å². The number of fused-ring (bicyclic) bond motifs is 2. The Labute approximate surface area is 155 Å². The third kappa shape index (κ3) is 3.45. The van der Waals surface area contributed by atoms with E-state index in [-0.39, 0.29) is 0 Å². The molecule has 1 aromatic heterocycles. The van der Waals surface area contributed by atoms with Gasteiger partial charge < -0.3 is 19.5 Å². The van der Waals surface area contributed by atoms with Crippen molar-refractivity contribution in [2.45, 2.75) is 25.7 Å². The molecule has 0 radical (unpaired) electrons. The van der Waals surface area contributed by atoms with Crippen LogP contribution >= 0.6 is 0 Å². The van der Waals surface area contributed by atoms with Crippen LogP contribution in [0.2, 0.25) is 0 Å². The monoisotopic (exact) mass is 356 g/mol. The van der Waals surface area contributed by atoms with Gasteiger partial charge in [0.15, 0.2) is 11.5 Å². The number of pyridine rings is 1. The van der Waals surface area contributed by atoms with E-state index in [9.17, 15) is 0 Å². The van der Waals surface area contributed by atoms with Gasteiger partial charge in [-0.25, -0.2) is 4.98 Å². The van der Waals surface area contributed by atoms with Crippen LogP contribution < -0.4 is 14.8 Å². The van der Waals surface area contributed by atoms with Crippen LogP contribution in [0, 0.1) is 17.8 Å². The molecule has 1 aromatic carbocycles. The summed E-state index contributed by atoms with van der Waals surface area (Å²) in [6, 6.07) is 6.03. The van der Waals surface area contributed by atoms with Gasteiger partial charge in [-0.2, -0.15) is 0 Å². The van der Waals surface area contributed by atoms with Crippen LogP contribution in [0.4, 0.5) is 5.82 Å². The molecular formula is C21H28N2O3. The fraction of sp³-hybridized carbons (Fsp3) is 0.571. The maximum atomic E-state index is 5.64. The molecule has 1 saturated carbocycles. The summed E-state index contributed by atoms with van der Waals surface area (Å²) >= 11 is 0. The largest absolute Gasteiger partial charge is 0.493 e. The third-order valence-electron chi connectivity index (χ3n) is 6.04. The fourth-order valence-electron chi connectivity index (χ4n) is 4.53. The van der Waals surface area contributed by atoms with Crippen LogP contribution in [0.3, 0.4) is 0 Å². The minimum absolute atomic E-state index is 0.714. The Morgan fingerprint density at radius 3 is 2.81 bits per heavy atom. The average Bonchev–Trinajstić information content (AvgIpc) is 2.70. The number of nitrogens with one attached hydrogen (secondary N) is 1. The Kier molecular flexibility index (Phi) is 5.16. The minimum Gasteiger partial charge on any atom is -0.493 e. The maximum Gasteiger partial charge on any atom is 0.161 e. The maximum absolute atomic E-state index is 5.64. The standard InChI is InChI=1S/C21H28N2O3/c1-24-19-10-16-5-7-22-21(18(16)11-20(19)25-2)23-12-14-3-4-17-13-26-8-6-15(17)9-14/h5,7,10-11,14-15,17H,3-4,6,8-9,12-13H2,1-2H3,(H,22,23). The highest BCUT2D eigenvalue weighted by atomic mass is 16.5. The number of methoxy groups -OCH3 is 2. The number of hydrogen-bond donors (Lipinski definition) is 1. The van der Waals surface area contributed by atoms with Gasteiger partial charge >= 0.3 is 0 Å². The first-order chi connectivity index (χ1) is 12.8. The van der Waals surface area contributed by atoms with Crippen molar-refractivity contribution >= 4 is 16.6 Å². The molecule has 0 spiro atoms. The van der Waals surface area contributed by atoms with E-state index < -0.39 is 0 Å². The summed E-state index contributed by atoms with van der Waals surface area (Å²) in [5, 5.41) is 5.78. The Bertz CT molecular complexity index is 764. The molecule has 0 amide bonds. The van der Waals surface area contributed by atoms with Gasteiger partial charge in [0.05, 0.1) is 14.2 Å². The molecule has 26 heavy (non-hydrogen) atoms. The van der Waals surface area contributed by atoms with Crippen LogP contribution in [0.15, 0.2) is 24.4 Å². The molecule has 140 valence electrons. The SMILES string of the molecule is COc1cc2ccnc(NCC3CCC4COCCC4C3)c2cc1OC. The molecule has 2 aromatic rings. The first-order valence-electron chi connectivity index (χ1n) is 9.61. The molecule has 2 fully saturated rings. The lowest BCUT2D eigenvalue weighted by molar-refractivity contribution is -0.0116. The van der Waals surface area contributed by atoms with Crippen molar-refractivity contribution in [1.29, 1.82) is 0 Å². The predicted molar refractivity (Wildman–Crippen MR) is 103 cm³/mol. The van der Waals surface area contributed by atoms with Crippen molar-refractivity contribution in [2.75, 3.05) is 39.3 Å². The normalized spacial score (nSPS) is 25.5. The lowest BCUT2D eigenvalue weighted by Crippen LogP contribution is -2.35. The van der Waals surface area contributed by atoms with Crippen LogP contribution in [-0.2, 0) is 4.74 Å². The Morgan fingerprint density at radius 1 is 1.12 bits per heavy atom. The second-order valence-electron chi connectivity index (χ2n) is 7.53. The van der Waals surface area contributed by atoms with E-state index in [1.807, 2.05) is 24.4 Å². The topological polar surface area (TPSA) is 52.6 Å². The summed E-state index contributed by atoms with van der Waals surface area (Å²) in [6.07, 6.45) is 6.96. The summed E-state index contributed by atoms with van der Waals surface area (Å²) in [5.74, 6) is 4.75. The van der Waals surface area contributed by atoms with Gasteiger partial charge in [0.2, 0.25) is 0 Å². The van der Waals surface area contributed by atoms with Gasteiger partial charge in [-0.1, -0.05) is 0 Å². The van der Waals surface area contributed by atoms with Gasteiger partial charge in [0, 0.05) is 31.3 Å².